The maximum atomic E-state index is 11.7. The van der Waals surface area contributed by atoms with Gasteiger partial charge in [-0.3, -0.25) is 9.59 Å². The average molecular weight is 254 g/mol. The molecule has 4 heteroatoms. The Morgan fingerprint density at radius 3 is 2.76 bits per heavy atom. The molecule has 94 valence electrons. The molecule has 1 unspecified atom stereocenters. The molecule has 0 amide bonds. The van der Waals surface area contributed by atoms with E-state index in [0.29, 0.717) is 12.8 Å². The summed E-state index contributed by atoms with van der Waals surface area (Å²) < 4.78 is 5.20. The minimum Gasteiger partial charge on any atom is -0.381 e. The maximum Gasteiger partial charge on any atom is 0.172 e. The third kappa shape index (κ3) is 5.24. The lowest BCUT2D eigenvalue weighted by molar-refractivity contribution is -0.119. The van der Waals surface area contributed by atoms with E-state index in [1.807, 2.05) is 17.5 Å². The molecule has 1 atom stereocenters. The molecule has 1 heterocycles. The molecule has 1 rings (SSSR count). The fourth-order valence-electron chi connectivity index (χ4n) is 1.67. The number of rotatable bonds is 8. The molecule has 0 saturated carbocycles. The van der Waals surface area contributed by atoms with Crippen LogP contribution >= 0.6 is 11.3 Å². The Bertz CT molecular complexity index is 357. The van der Waals surface area contributed by atoms with E-state index < -0.39 is 0 Å². The summed E-state index contributed by atoms with van der Waals surface area (Å²) in [6, 6.07) is 3.72. The van der Waals surface area contributed by atoms with E-state index in [0.717, 1.165) is 17.7 Å². The van der Waals surface area contributed by atoms with Gasteiger partial charge in [0.25, 0.3) is 0 Å². The van der Waals surface area contributed by atoms with E-state index >= 15 is 0 Å². The topological polar surface area (TPSA) is 43.4 Å². The summed E-state index contributed by atoms with van der Waals surface area (Å²) in [5, 5.41) is 1.90. The van der Waals surface area contributed by atoms with Gasteiger partial charge in [0.2, 0.25) is 0 Å². The van der Waals surface area contributed by atoms with Crippen LogP contribution in [0.4, 0.5) is 0 Å². The van der Waals surface area contributed by atoms with Crippen molar-refractivity contribution in [2.45, 2.75) is 38.7 Å². The van der Waals surface area contributed by atoms with Crippen molar-refractivity contribution in [3.63, 3.8) is 0 Å². The van der Waals surface area contributed by atoms with E-state index in [4.69, 9.17) is 4.74 Å². The van der Waals surface area contributed by atoms with Crippen LogP contribution < -0.4 is 0 Å². The number of hydrogen-bond acceptors (Lipinski definition) is 4. The van der Waals surface area contributed by atoms with Crippen LogP contribution in [0, 0.1) is 0 Å². The first kappa shape index (κ1) is 14.1. The van der Waals surface area contributed by atoms with E-state index in [-0.39, 0.29) is 17.7 Å². The molecule has 0 aliphatic carbocycles. The third-order valence-electron chi connectivity index (χ3n) is 2.57. The number of carbonyl (C=O) groups excluding carboxylic acids is 2. The highest BCUT2D eigenvalue weighted by Crippen LogP contribution is 2.15. The molecular weight excluding hydrogens is 236 g/mol. The van der Waals surface area contributed by atoms with Gasteiger partial charge in [0.15, 0.2) is 5.78 Å². The second kappa shape index (κ2) is 7.35. The van der Waals surface area contributed by atoms with Crippen LogP contribution in [0.15, 0.2) is 17.5 Å². The van der Waals surface area contributed by atoms with Crippen LogP contribution in [0.1, 0.15) is 42.3 Å². The van der Waals surface area contributed by atoms with Crippen molar-refractivity contribution >= 4 is 22.9 Å². The van der Waals surface area contributed by atoms with Gasteiger partial charge in [-0.05, 0) is 31.2 Å². The number of ketones is 2. The molecule has 17 heavy (non-hydrogen) atoms. The van der Waals surface area contributed by atoms with Crippen LogP contribution in [0.2, 0.25) is 0 Å². The fourth-order valence-corrected chi connectivity index (χ4v) is 2.37. The van der Waals surface area contributed by atoms with Crippen molar-refractivity contribution in [3.8, 4) is 0 Å². The van der Waals surface area contributed by atoms with Gasteiger partial charge in [-0.15, -0.1) is 11.3 Å². The van der Waals surface area contributed by atoms with Gasteiger partial charge in [0, 0.05) is 20.0 Å². The van der Waals surface area contributed by atoms with E-state index in [9.17, 15) is 9.59 Å². The Morgan fingerprint density at radius 1 is 1.47 bits per heavy atom. The molecule has 1 aromatic rings. The minimum atomic E-state index is -0.0522. The van der Waals surface area contributed by atoms with Gasteiger partial charge in [0.05, 0.1) is 11.0 Å². The monoisotopic (exact) mass is 254 g/mol. The summed E-state index contributed by atoms with van der Waals surface area (Å²) in [5.41, 5.74) is 0. The summed E-state index contributed by atoms with van der Waals surface area (Å²) in [5.74, 6) is 0.305. The van der Waals surface area contributed by atoms with Crippen LogP contribution in [0.25, 0.3) is 0 Å². The summed E-state index contributed by atoms with van der Waals surface area (Å²) in [6.45, 7) is 1.56. The van der Waals surface area contributed by atoms with Crippen LogP contribution in [0.5, 0.6) is 0 Å². The van der Waals surface area contributed by atoms with Crippen molar-refractivity contribution in [3.05, 3.63) is 22.4 Å². The quantitative estimate of drug-likeness (QED) is 0.669. The third-order valence-corrected chi connectivity index (χ3v) is 3.49. The van der Waals surface area contributed by atoms with Crippen LogP contribution in [0.3, 0.4) is 0 Å². The smallest absolute Gasteiger partial charge is 0.172 e. The van der Waals surface area contributed by atoms with E-state index in [1.54, 1.807) is 14.0 Å². The number of ether oxygens (including phenoxy) is 1. The maximum absolute atomic E-state index is 11.7. The van der Waals surface area contributed by atoms with Crippen molar-refractivity contribution in [1.29, 1.82) is 0 Å². The summed E-state index contributed by atoms with van der Waals surface area (Å²) >= 11 is 1.47. The Kier molecular flexibility index (Phi) is 6.08. The number of Topliss-reactive ketones (excluding diaryl/α,β-unsaturated/α-hetero) is 2. The van der Waals surface area contributed by atoms with Crippen LogP contribution in [-0.4, -0.2) is 24.8 Å². The second-order valence-corrected chi connectivity index (χ2v) is 5.00. The molecule has 0 radical (unpaired) electrons. The van der Waals surface area contributed by atoms with Gasteiger partial charge in [-0.2, -0.15) is 0 Å². The molecule has 0 N–H and O–H groups in total. The van der Waals surface area contributed by atoms with Gasteiger partial charge < -0.3 is 4.74 Å². The molecule has 0 bridgehead atoms. The highest BCUT2D eigenvalue weighted by molar-refractivity contribution is 7.12. The zero-order valence-electron chi connectivity index (χ0n) is 10.3. The normalized spacial score (nSPS) is 12.4. The van der Waals surface area contributed by atoms with Crippen molar-refractivity contribution in [2.24, 2.45) is 0 Å². The Morgan fingerprint density at radius 2 is 2.24 bits per heavy atom. The van der Waals surface area contributed by atoms with Gasteiger partial charge in [-0.25, -0.2) is 0 Å². The largest absolute Gasteiger partial charge is 0.381 e. The predicted molar refractivity (Wildman–Crippen MR) is 68.6 cm³/mol. The lowest BCUT2D eigenvalue weighted by Crippen LogP contribution is -2.15. The van der Waals surface area contributed by atoms with Crippen molar-refractivity contribution in [2.75, 3.05) is 7.11 Å². The number of hydrogen-bond donors (Lipinski definition) is 0. The number of methoxy groups -OCH3 is 1. The van der Waals surface area contributed by atoms with Gasteiger partial charge >= 0.3 is 0 Å². The van der Waals surface area contributed by atoms with Crippen molar-refractivity contribution < 1.29 is 14.3 Å². The molecule has 0 aromatic carbocycles. The Balaban J connectivity index is 2.27. The zero-order valence-corrected chi connectivity index (χ0v) is 11.1. The zero-order chi connectivity index (χ0) is 12.7. The number of thiophene rings is 1. The molecule has 0 fully saturated rings. The highest BCUT2D eigenvalue weighted by atomic mass is 32.1. The lowest BCUT2D eigenvalue weighted by atomic mass is 10.1. The first-order chi connectivity index (χ1) is 8.13. The highest BCUT2D eigenvalue weighted by Gasteiger charge is 2.12. The Hall–Kier alpha value is -1.00. The number of carbonyl (C=O) groups is 2. The molecule has 0 aliphatic rings. The molecule has 1 aromatic heterocycles. The van der Waals surface area contributed by atoms with Crippen LogP contribution in [-0.2, 0) is 9.53 Å². The SMILES string of the molecule is COC(CCCC(=O)c1cccs1)CC(C)=O. The van der Waals surface area contributed by atoms with Crippen molar-refractivity contribution in [1.82, 2.24) is 0 Å². The summed E-state index contributed by atoms with van der Waals surface area (Å²) in [4.78, 5) is 23.5. The van der Waals surface area contributed by atoms with E-state index in [2.05, 4.69) is 0 Å². The molecular formula is C13H18O3S. The van der Waals surface area contributed by atoms with E-state index in [1.165, 1.54) is 11.3 Å². The minimum absolute atomic E-state index is 0.0522. The second-order valence-electron chi connectivity index (χ2n) is 4.06. The fraction of sp³-hybridized carbons (Fsp3) is 0.538. The van der Waals surface area contributed by atoms with Gasteiger partial charge in [-0.1, -0.05) is 6.07 Å². The molecule has 0 spiro atoms. The summed E-state index contributed by atoms with van der Waals surface area (Å²) in [7, 11) is 1.61. The molecule has 3 nitrogen and oxygen atoms in total. The molecule has 0 aliphatic heterocycles. The Labute approximate surface area is 106 Å². The first-order valence-corrected chi connectivity index (χ1v) is 6.60. The lowest BCUT2D eigenvalue weighted by Gasteiger charge is -2.12. The molecule has 0 saturated heterocycles. The summed E-state index contributed by atoms with van der Waals surface area (Å²) in [6.07, 6.45) is 2.43. The predicted octanol–water partition coefficient (Wildman–Crippen LogP) is 3.10. The van der Waals surface area contributed by atoms with Gasteiger partial charge in [0.1, 0.15) is 5.78 Å². The first-order valence-electron chi connectivity index (χ1n) is 5.72. The average Bonchev–Trinajstić information content (AvgIpc) is 2.80. The standard InChI is InChI=1S/C13H18O3S/c1-10(14)9-11(16-2)5-3-6-12(15)13-7-4-8-17-13/h4,7-8,11H,3,5-6,9H2,1-2H3.